The number of benzene rings is 2. The zero-order valence-electron chi connectivity index (χ0n) is 23.1. The molecule has 1 aliphatic heterocycles. The van der Waals surface area contributed by atoms with Gasteiger partial charge >= 0.3 is 0 Å². The Labute approximate surface area is 224 Å². The number of rotatable bonds is 8. The Morgan fingerprint density at radius 2 is 1.97 bits per heavy atom. The molecule has 200 valence electrons. The van der Waals surface area contributed by atoms with E-state index in [9.17, 15) is 0 Å². The summed E-state index contributed by atoms with van der Waals surface area (Å²) < 4.78 is 14.2. The standard InChI is InChI=1S/C29H37N7O2/c1-29(2)17-36-16-20(19-8-7-9-25(27(19)36)38-18-29)22-10-11-31-28(32-22)33-23-14-21(30)24(15-26(23)37-6)35(5)13-12-34(3)4/h7-11,14-16H,12-13,17-18,30H2,1-6H3,(H,31,32,33). The largest absolute Gasteiger partial charge is 0.494 e. The summed E-state index contributed by atoms with van der Waals surface area (Å²) in [7, 11) is 7.79. The minimum atomic E-state index is 0.0177. The van der Waals surface area contributed by atoms with E-state index in [4.69, 9.17) is 20.2 Å². The fourth-order valence-electron chi connectivity index (χ4n) is 4.89. The SMILES string of the molecule is COc1cc(N(C)CCN(C)C)c(N)cc1Nc1nccc(-c2cn3c4c(cccc24)OCC(C)(C)C3)n1. The second kappa shape index (κ2) is 10.1. The van der Waals surface area contributed by atoms with E-state index in [0.717, 1.165) is 53.2 Å². The number of methoxy groups -OCH3 is 1. The van der Waals surface area contributed by atoms with Gasteiger partial charge in [0.2, 0.25) is 5.95 Å². The number of ether oxygens (including phenoxy) is 2. The molecule has 0 amide bonds. The first-order valence-electron chi connectivity index (χ1n) is 12.8. The van der Waals surface area contributed by atoms with E-state index in [-0.39, 0.29) is 5.41 Å². The Balaban J connectivity index is 1.47. The van der Waals surface area contributed by atoms with E-state index in [1.54, 1.807) is 13.3 Å². The number of para-hydroxylation sites is 1. The van der Waals surface area contributed by atoms with Crippen molar-refractivity contribution in [2.24, 2.45) is 5.41 Å². The number of aromatic nitrogens is 3. The second-order valence-electron chi connectivity index (χ2n) is 11.0. The predicted molar refractivity (Wildman–Crippen MR) is 155 cm³/mol. The molecule has 38 heavy (non-hydrogen) atoms. The van der Waals surface area contributed by atoms with Gasteiger partial charge in [-0.1, -0.05) is 26.0 Å². The van der Waals surface area contributed by atoms with E-state index in [1.807, 2.05) is 37.4 Å². The van der Waals surface area contributed by atoms with Crippen LogP contribution in [0.3, 0.4) is 0 Å². The smallest absolute Gasteiger partial charge is 0.227 e. The molecule has 2 aromatic heterocycles. The molecule has 0 radical (unpaired) electrons. The molecule has 0 spiro atoms. The number of nitrogen functional groups attached to an aromatic ring is 1. The molecular formula is C29H37N7O2. The molecule has 3 N–H and O–H groups in total. The Hall–Kier alpha value is -3.98. The van der Waals surface area contributed by atoms with E-state index in [1.165, 1.54) is 0 Å². The van der Waals surface area contributed by atoms with E-state index < -0.39 is 0 Å². The summed E-state index contributed by atoms with van der Waals surface area (Å²) in [6.07, 6.45) is 3.94. The molecule has 0 unspecified atom stereocenters. The summed E-state index contributed by atoms with van der Waals surface area (Å²) in [6, 6.07) is 12.0. The molecule has 9 heteroatoms. The zero-order valence-corrected chi connectivity index (χ0v) is 23.1. The number of likely N-dealkylation sites (N-methyl/N-ethyl adjacent to an activating group) is 2. The van der Waals surface area contributed by atoms with E-state index >= 15 is 0 Å². The first kappa shape index (κ1) is 25.7. The van der Waals surface area contributed by atoms with Crippen molar-refractivity contribution >= 4 is 33.9 Å². The predicted octanol–water partition coefficient (Wildman–Crippen LogP) is 4.85. The van der Waals surface area contributed by atoms with Gasteiger partial charge in [-0.25, -0.2) is 9.97 Å². The van der Waals surface area contributed by atoms with Crippen molar-refractivity contribution in [1.29, 1.82) is 0 Å². The number of hydrogen-bond donors (Lipinski definition) is 2. The van der Waals surface area contributed by atoms with Crippen molar-refractivity contribution < 1.29 is 9.47 Å². The molecule has 4 aromatic rings. The van der Waals surface area contributed by atoms with Crippen LogP contribution in [-0.2, 0) is 6.54 Å². The molecule has 0 atom stereocenters. The zero-order chi connectivity index (χ0) is 27.0. The van der Waals surface area contributed by atoms with Crippen LogP contribution in [0.4, 0.5) is 23.0 Å². The molecule has 2 aromatic carbocycles. The molecule has 1 aliphatic rings. The lowest BCUT2D eigenvalue weighted by Crippen LogP contribution is -2.29. The molecule has 3 heterocycles. The van der Waals surface area contributed by atoms with Crippen LogP contribution in [-0.4, -0.2) is 67.4 Å². The molecule has 0 aliphatic carbocycles. The normalized spacial score (nSPS) is 14.3. The Morgan fingerprint density at radius 1 is 1.16 bits per heavy atom. The topological polar surface area (TPSA) is 93.7 Å². The highest BCUT2D eigenvalue weighted by Crippen LogP contribution is 2.40. The number of nitrogens with two attached hydrogens (primary N) is 1. The van der Waals surface area contributed by atoms with Crippen molar-refractivity contribution in [3.63, 3.8) is 0 Å². The van der Waals surface area contributed by atoms with Crippen LogP contribution in [0.1, 0.15) is 13.8 Å². The van der Waals surface area contributed by atoms with Gasteiger partial charge in [-0.2, -0.15) is 0 Å². The Bertz CT molecular complexity index is 1460. The molecule has 0 bridgehead atoms. The first-order valence-corrected chi connectivity index (χ1v) is 12.8. The molecule has 9 nitrogen and oxygen atoms in total. The van der Waals surface area contributed by atoms with Gasteiger partial charge in [0, 0.05) is 61.5 Å². The van der Waals surface area contributed by atoms with Gasteiger partial charge in [-0.3, -0.25) is 0 Å². The third-order valence-corrected chi connectivity index (χ3v) is 6.90. The van der Waals surface area contributed by atoms with Crippen LogP contribution in [0.25, 0.3) is 22.2 Å². The quantitative estimate of drug-likeness (QED) is 0.322. The summed E-state index contributed by atoms with van der Waals surface area (Å²) in [6.45, 7) is 7.75. The molecule has 5 rings (SSSR count). The van der Waals surface area contributed by atoms with E-state index in [2.05, 4.69) is 64.9 Å². The first-order chi connectivity index (χ1) is 18.1. The van der Waals surface area contributed by atoms with Gasteiger partial charge in [-0.15, -0.1) is 0 Å². The van der Waals surface area contributed by atoms with Gasteiger partial charge in [0.25, 0.3) is 0 Å². The molecule has 0 saturated heterocycles. The maximum atomic E-state index is 6.46. The molecule has 0 fully saturated rings. The third-order valence-electron chi connectivity index (χ3n) is 6.90. The van der Waals surface area contributed by atoms with Crippen LogP contribution in [0.5, 0.6) is 11.5 Å². The van der Waals surface area contributed by atoms with Crippen LogP contribution in [0, 0.1) is 5.41 Å². The average Bonchev–Trinajstić information content (AvgIpc) is 3.18. The van der Waals surface area contributed by atoms with Crippen LogP contribution < -0.4 is 25.4 Å². The van der Waals surface area contributed by atoms with E-state index in [0.29, 0.717) is 29.7 Å². The summed E-state index contributed by atoms with van der Waals surface area (Å²) in [4.78, 5) is 13.6. The second-order valence-corrected chi connectivity index (χ2v) is 11.0. The van der Waals surface area contributed by atoms with Gasteiger partial charge in [0.05, 0.1) is 42.0 Å². The fourth-order valence-corrected chi connectivity index (χ4v) is 4.89. The number of hydrogen-bond acceptors (Lipinski definition) is 8. The minimum absolute atomic E-state index is 0.0177. The highest BCUT2D eigenvalue weighted by Gasteiger charge is 2.27. The maximum absolute atomic E-state index is 6.46. The van der Waals surface area contributed by atoms with Crippen LogP contribution in [0.2, 0.25) is 0 Å². The Morgan fingerprint density at radius 3 is 2.74 bits per heavy atom. The maximum Gasteiger partial charge on any atom is 0.227 e. The van der Waals surface area contributed by atoms with Gasteiger partial charge in [0.15, 0.2) is 0 Å². The summed E-state index contributed by atoms with van der Waals surface area (Å²) in [5.74, 6) is 2.04. The summed E-state index contributed by atoms with van der Waals surface area (Å²) in [5, 5.41) is 4.43. The Kier molecular flexibility index (Phi) is 6.79. The fraction of sp³-hybridized carbons (Fsp3) is 0.379. The molecule has 0 saturated carbocycles. The number of nitrogens with one attached hydrogen (secondary N) is 1. The van der Waals surface area contributed by atoms with Crippen LogP contribution >= 0.6 is 0 Å². The van der Waals surface area contributed by atoms with Gasteiger partial charge < -0.3 is 34.9 Å². The number of anilines is 4. The lowest BCUT2D eigenvalue weighted by Gasteiger charge is -2.24. The van der Waals surface area contributed by atoms with Crippen molar-refractivity contribution in [2.45, 2.75) is 20.4 Å². The van der Waals surface area contributed by atoms with Crippen molar-refractivity contribution in [2.75, 3.05) is 63.9 Å². The van der Waals surface area contributed by atoms with Crippen molar-refractivity contribution in [1.82, 2.24) is 19.4 Å². The van der Waals surface area contributed by atoms with Crippen molar-refractivity contribution in [3.8, 4) is 22.8 Å². The van der Waals surface area contributed by atoms with Gasteiger partial charge in [0.1, 0.15) is 11.5 Å². The monoisotopic (exact) mass is 515 g/mol. The lowest BCUT2D eigenvalue weighted by molar-refractivity contribution is 0.172. The molecular weight excluding hydrogens is 478 g/mol. The highest BCUT2D eigenvalue weighted by atomic mass is 16.5. The number of nitrogens with zero attached hydrogens (tertiary/aromatic N) is 5. The minimum Gasteiger partial charge on any atom is -0.494 e. The average molecular weight is 516 g/mol. The summed E-state index contributed by atoms with van der Waals surface area (Å²) >= 11 is 0. The van der Waals surface area contributed by atoms with Crippen molar-refractivity contribution in [3.05, 3.63) is 48.8 Å². The van der Waals surface area contributed by atoms with Gasteiger partial charge in [-0.05, 0) is 32.3 Å². The highest BCUT2D eigenvalue weighted by molar-refractivity contribution is 5.98. The summed E-state index contributed by atoms with van der Waals surface area (Å²) in [5.41, 5.74) is 11.7. The van der Waals surface area contributed by atoms with Crippen LogP contribution in [0.15, 0.2) is 48.8 Å². The lowest BCUT2D eigenvalue weighted by atomic mass is 9.95. The third kappa shape index (κ3) is 5.06.